The van der Waals surface area contributed by atoms with Crippen molar-refractivity contribution >= 4 is 23.4 Å². The van der Waals surface area contributed by atoms with Gasteiger partial charge in [0, 0.05) is 17.0 Å². The van der Waals surface area contributed by atoms with Gasteiger partial charge in [0.15, 0.2) is 0 Å². The average molecular weight is 275 g/mol. The van der Waals surface area contributed by atoms with Crippen LogP contribution in [-0.2, 0) is 5.75 Å². The Bertz CT molecular complexity index is 605. The molecule has 0 spiro atoms. The van der Waals surface area contributed by atoms with Crippen molar-refractivity contribution in [2.45, 2.75) is 17.7 Å². The highest BCUT2D eigenvalue weighted by Gasteiger charge is 2.08. The third kappa shape index (κ3) is 2.84. The summed E-state index contributed by atoms with van der Waals surface area (Å²) in [6.07, 6.45) is 1.73. The fourth-order valence-corrected chi connectivity index (χ4v) is 2.85. The quantitative estimate of drug-likeness (QED) is 0.787. The largest absolute Gasteiger partial charge is 0.249 e. The van der Waals surface area contributed by atoms with Crippen LogP contribution in [0.1, 0.15) is 16.7 Å². The molecule has 0 N–H and O–H groups in total. The van der Waals surface area contributed by atoms with Crippen LogP contribution >= 0.6 is 23.4 Å². The van der Waals surface area contributed by atoms with Crippen LogP contribution in [0.15, 0.2) is 41.6 Å². The molecular weight excluding hydrogens is 264 g/mol. The van der Waals surface area contributed by atoms with Crippen molar-refractivity contribution in [2.75, 3.05) is 0 Å². The summed E-state index contributed by atoms with van der Waals surface area (Å²) >= 11 is 7.63. The highest BCUT2D eigenvalue weighted by atomic mass is 35.5. The molecule has 0 aliphatic carbocycles. The number of hydrogen-bond donors (Lipinski definition) is 0. The Morgan fingerprint density at radius 1 is 1.33 bits per heavy atom. The lowest BCUT2D eigenvalue weighted by molar-refractivity contribution is 1.08. The molecule has 1 heterocycles. The number of aryl methyl sites for hydroxylation is 1. The lowest BCUT2D eigenvalue weighted by Crippen LogP contribution is -1.91. The van der Waals surface area contributed by atoms with Crippen molar-refractivity contribution in [1.82, 2.24) is 4.98 Å². The summed E-state index contributed by atoms with van der Waals surface area (Å²) in [6.45, 7) is 1.92. The van der Waals surface area contributed by atoms with Crippen LogP contribution < -0.4 is 0 Å². The minimum Gasteiger partial charge on any atom is -0.249 e. The molecule has 2 aromatic rings. The van der Waals surface area contributed by atoms with Crippen LogP contribution in [0.25, 0.3) is 0 Å². The van der Waals surface area contributed by atoms with Crippen molar-refractivity contribution in [3.63, 3.8) is 0 Å². The van der Waals surface area contributed by atoms with E-state index in [0.29, 0.717) is 11.3 Å². The summed E-state index contributed by atoms with van der Waals surface area (Å²) in [7, 11) is 0. The average Bonchev–Trinajstić information content (AvgIpc) is 2.38. The van der Waals surface area contributed by atoms with E-state index < -0.39 is 0 Å². The normalized spacial score (nSPS) is 10.1. The van der Waals surface area contributed by atoms with Gasteiger partial charge in [0.2, 0.25) is 0 Å². The molecule has 4 heteroatoms. The van der Waals surface area contributed by atoms with Crippen molar-refractivity contribution in [3.8, 4) is 6.07 Å². The predicted molar refractivity (Wildman–Crippen MR) is 74.7 cm³/mol. The van der Waals surface area contributed by atoms with Gasteiger partial charge in [-0.05, 0) is 30.2 Å². The third-order valence-electron chi connectivity index (χ3n) is 2.56. The van der Waals surface area contributed by atoms with Gasteiger partial charge in [-0.2, -0.15) is 5.26 Å². The number of thioether (sulfide) groups is 1. The number of aromatic nitrogens is 1. The van der Waals surface area contributed by atoms with Crippen LogP contribution in [0.3, 0.4) is 0 Å². The first-order chi connectivity index (χ1) is 8.72. The number of benzene rings is 1. The molecule has 90 valence electrons. The van der Waals surface area contributed by atoms with Gasteiger partial charge in [-0.1, -0.05) is 29.8 Å². The topological polar surface area (TPSA) is 36.7 Å². The molecule has 2 nitrogen and oxygen atoms in total. The first-order valence-corrected chi connectivity index (χ1v) is 6.80. The fourth-order valence-electron chi connectivity index (χ4n) is 1.54. The van der Waals surface area contributed by atoms with Crippen LogP contribution in [-0.4, -0.2) is 4.98 Å². The first kappa shape index (κ1) is 12.9. The molecule has 0 aliphatic heterocycles. The molecule has 0 unspecified atom stereocenters. The molecule has 0 fully saturated rings. The summed E-state index contributed by atoms with van der Waals surface area (Å²) in [6, 6.07) is 11.8. The molecule has 0 bridgehead atoms. The molecule has 0 atom stereocenters. The molecule has 0 saturated heterocycles. The SMILES string of the molecule is Cc1ccnc(SCc2ccccc2Cl)c1C#N. The standard InChI is InChI=1S/C14H11ClN2S/c1-10-6-7-17-14(12(10)8-16)18-9-11-4-2-3-5-13(11)15/h2-7H,9H2,1H3. The monoisotopic (exact) mass is 274 g/mol. The van der Waals surface area contributed by atoms with Gasteiger partial charge in [0.05, 0.1) is 5.56 Å². The molecule has 0 aliphatic rings. The molecule has 0 saturated carbocycles. The number of pyridine rings is 1. The number of nitrogens with zero attached hydrogens (tertiary/aromatic N) is 2. The number of halogens is 1. The maximum Gasteiger partial charge on any atom is 0.114 e. The Morgan fingerprint density at radius 2 is 2.11 bits per heavy atom. The zero-order chi connectivity index (χ0) is 13.0. The van der Waals surface area contributed by atoms with E-state index >= 15 is 0 Å². The summed E-state index contributed by atoms with van der Waals surface area (Å²) < 4.78 is 0. The maximum absolute atomic E-state index is 9.12. The minimum absolute atomic E-state index is 0.648. The van der Waals surface area contributed by atoms with Gasteiger partial charge in [-0.25, -0.2) is 4.98 Å². The summed E-state index contributed by atoms with van der Waals surface area (Å²) in [5.41, 5.74) is 2.65. The Hall–Kier alpha value is -1.50. The van der Waals surface area contributed by atoms with Crippen molar-refractivity contribution in [3.05, 3.63) is 58.2 Å². The van der Waals surface area contributed by atoms with Crippen molar-refractivity contribution < 1.29 is 0 Å². The molecule has 0 radical (unpaired) electrons. The van der Waals surface area contributed by atoms with E-state index in [2.05, 4.69) is 11.1 Å². The molecule has 18 heavy (non-hydrogen) atoms. The minimum atomic E-state index is 0.648. The third-order valence-corrected chi connectivity index (χ3v) is 3.97. The van der Waals surface area contributed by atoms with Crippen molar-refractivity contribution in [2.24, 2.45) is 0 Å². The van der Waals surface area contributed by atoms with Crippen LogP contribution in [0.2, 0.25) is 5.02 Å². The van der Waals surface area contributed by atoms with E-state index in [-0.39, 0.29) is 0 Å². The highest BCUT2D eigenvalue weighted by Crippen LogP contribution is 2.28. The smallest absolute Gasteiger partial charge is 0.114 e. The van der Waals surface area contributed by atoms with Crippen LogP contribution in [0.5, 0.6) is 0 Å². The molecule has 2 rings (SSSR count). The second-order valence-electron chi connectivity index (χ2n) is 3.80. The molecule has 0 amide bonds. The Kier molecular flexibility index (Phi) is 4.24. The Balaban J connectivity index is 2.19. The Labute approximate surface area is 116 Å². The van der Waals surface area contributed by atoms with E-state index in [1.54, 1.807) is 6.20 Å². The molecule has 1 aromatic heterocycles. The fraction of sp³-hybridized carbons (Fsp3) is 0.143. The summed E-state index contributed by atoms with van der Waals surface area (Å²) in [4.78, 5) is 4.25. The van der Waals surface area contributed by atoms with E-state index in [0.717, 1.165) is 21.2 Å². The second kappa shape index (κ2) is 5.90. The van der Waals surface area contributed by atoms with Gasteiger partial charge in [0.1, 0.15) is 11.1 Å². The van der Waals surface area contributed by atoms with Gasteiger partial charge < -0.3 is 0 Å². The predicted octanol–water partition coefficient (Wildman–Crippen LogP) is 4.21. The van der Waals surface area contributed by atoms with Gasteiger partial charge >= 0.3 is 0 Å². The Morgan fingerprint density at radius 3 is 2.83 bits per heavy atom. The van der Waals surface area contributed by atoms with E-state index in [1.165, 1.54) is 11.8 Å². The lowest BCUT2D eigenvalue weighted by Gasteiger charge is -2.06. The lowest BCUT2D eigenvalue weighted by atomic mass is 10.2. The van der Waals surface area contributed by atoms with E-state index in [9.17, 15) is 0 Å². The van der Waals surface area contributed by atoms with Crippen LogP contribution in [0.4, 0.5) is 0 Å². The van der Waals surface area contributed by atoms with Gasteiger partial charge in [0.25, 0.3) is 0 Å². The van der Waals surface area contributed by atoms with Gasteiger partial charge in [-0.3, -0.25) is 0 Å². The van der Waals surface area contributed by atoms with E-state index in [1.807, 2.05) is 37.3 Å². The van der Waals surface area contributed by atoms with Crippen LogP contribution in [0, 0.1) is 18.3 Å². The van der Waals surface area contributed by atoms with Gasteiger partial charge in [-0.15, -0.1) is 11.8 Å². The maximum atomic E-state index is 9.12. The zero-order valence-corrected chi connectivity index (χ0v) is 11.4. The molecule has 1 aromatic carbocycles. The number of hydrogen-bond acceptors (Lipinski definition) is 3. The highest BCUT2D eigenvalue weighted by molar-refractivity contribution is 7.98. The first-order valence-electron chi connectivity index (χ1n) is 5.44. The van der Waals surface area contributed by atoms with Crippen molar-refractivity contribution in [1.29, 1.82) is 5.26 Å². The van der Waals surface area contributed by atoms with E-state index in [4.69, 9.17) is 16.9 Å². The summed E-state index contributed by atoms with van der Waals surface area (Å²) in [5.74, 6) is 0.713. The molecular formula is C14H11ClN2S. The zero-order valence-electron chi connectivity index (χ0n) is 9.85. The number of rotatable bonds is 3. The second-order valence-corrected chi connectivity index (χ2v) is 5.17. The summed E-state index contributed by atoms with van der Waals surface area (Å²) in [5, 5.41) is 10.6. The number of nitriles is 1.